The first-order chi connectivity index (χ1) is 8.88. The molecule has 0 bridgehead atoms. The van der Waals surface area contributed by atoms with Crippen LogP contribution in [0.1, 0.15) is 33.3 Å². The van der Waals surface area contributed by atoms with E-state index in [-0.39, 0.29) is 11.9 Å². The summed E-state index contributed by atoms with van der Waals surface area (Å²) in [5.41, 5.74) is 0.898. The van der Waals surface area contributed by atoms with Gasteiger partial charge in [0.1, 0.15) is 5.60 Å². The van der Waals surface area contributed by atoms with Gasteiger partial charge in [0.2, 0.25) is 0 Å². The van der Waals surface area contributed by atoms with Crippen LogP contribution in [0.2, 0.25) is 0 Å². The van der Waals surface area contributed by atoms with E-state index in [0.717, 1.165) is 13.0 Å². The molecule has 0 aliphatic rings. The lowest BCUT2D eigenvalue weighted by molar-refractivity contribution is -0.159. The van der Waals surface area contributed by atoms with E-state index in [0.29, 0.717) is 6.54 Å². The first kappa shape index (κ1) is 15.7. The molecule has 19 heavy (non-hydrogen) atoms. The van der Waals surface area contributed by atoms with Crippen LogP contribution in [0, 0.1) is 5.92 Å². The molecule has 1 N–H and O–H groups in total. The minimum Gasteiger partial charge on any atom is -0.460 e. The van der Waals surface area contributed by atoms with E-state index >= 15 is 0 Å². The van der Waals surface area contributed by atoms with Gasteiger partial charge >= 0.3 is 5.97 Å². The maximum Gasteiger partial charge on any atom is 0.310 e. The van der Waals surface area contributed by atoms with E-state index in [1.807, 2.05) is 45.9 Å². The number of hydrogen-bond acceptors (Lipinski definition) is 3. The van der Waals surface area contributed by atoms with E-state index in [1.165, 1.54) is 5.56 Å². The summed E-state index contributed by atoms with van der Waals surface area (Å²) in [6, 6.07) is 10.3. The summed E-state index contributed by atoms with van der Waals surface area (Å²) >= 11 is 0. The van der Waals surface area contributed by atoms with Gasteiger partial charge in [-0.15, -0.1) is 0 Å². The minimum absolute atomic E-state index is 0.116. The molecule has 1 rings (SSSR count). The molecule has 0 aliphatic carbocycles. The summed E-state index contributed by atoms with van der Waals surface area (Å²) in [4.78, 5) is 11.8. The normalized spacial score (nSPS) is 13.1. The van der Waals surface area contributed by atoms with Crippen LogP contribution < -0.4 is 5.32 Å². The molecule has 0 radical (unpaired) electrons. The van der Waals surface area contributed by atoms with Crippen molar-refractivity contribution >= 4 is 5.97 Å². The van der Waals surface area contributed by atoms with Crippen LogP contribution in [0.5, 0.6) is 0 Å². The summed E-state index contributed by atoms with van der Waals surface area (Å²) in [5, 5.41) is 3.30. The molecule has 1 aromatic rings. The molecule has 3 nitrogen and oxygen atoms in total. The SMILES string of the molecule is CC(CNCCc1ccccc1)C(=O)OC(C)(C)C. The third-order valence-electron chi connectivity index (χ3n) is 2.69. The van der Waals surface area contributed by atoms with Crippen LogP contribution in [0.3, 0.4) is 0 Å². The van der Waals surface area contributed by atoms with Crippen LogP contribution in [0.25, 0.3) is 0 Å². The molecule has 0 aliphatic heterocycles. The van der Waals surface area contributed by atoms with Crippen LogP contribution in [-0.2, 0) is 16.0 Å². The summed E-state index contributed by atoms with van der Waals surface area (Å²) < 4.78 is 5.34. The Morgan fingerprint density at radius 3 is 2.47 bits per heavy atom. The highest BCUT2D eigenvalue weighted by Crippen LogP contribution is 2.10. The number of esters is 1. The Bertz CT molecular complexity index is 381. The highest BCUT2D eigenvalue weighted by Gasteiger charge is 2.21. The Morgan fingerprint density at radius 1 is 1.26 bits per heavy atom. The maximum absolute atomic E-state index is 11.8. The van der Waals surface area contributed by atoms with Gasteiger partial charge in [-0.2, -0.15) is 0 Å². The predicted octanol–water partition coefficient (Wildman–Crippen LogP) is 2.80. The van der Waals surface area contributed by atoms with Crippen molar-refractivity contribution in [3.05, 3.63) is 35.9 Å². The number of nitrogens with one attached hydrogen (secondary N) is 1. The van der Waals surface area contributed by atoms with E-state index in [1.54, 1.807) is 0 Å². The Kier molecular flexibility index (Phi) is 6.03. The van der Waals surface area contributed by atoms with E-state index < -0.39 is 5.60 Å². The first-order valence-electron chi connectivity index (χ1n) is 6.86. The van der Waals surface area contributed by atoms with E-state index in [4.69, 9.17) is 4.74 Å². The van der Waals surface area contributed by atoms with Crippen LogP contribution >= 0.6 is 0 Å². The monoisotopic (exact) mass is 263 g/mol. The topological polar surface area (TPSA) is 38.3 Å². The van der Waals surface area contributed by atoms with Gasteiger partial charge in [0.15, 0.2) is 0 Å². The van der Waals surface area contributed by atoms with Crippen molar-refractivity contribution in [3.63, 3.8) is 0 Å². The molecule has 0 saturated heterocycles. The Labute approximate surface area is 116 Å². The summed E-state index contributed by atoms with van der Waals surface area (Å²) in [6.07, 6.45) is 0.974. The smallest absolute Gasteiger partial charge is 0.310 e. The molecule has 1 aromatic carbocycles. The number of carbonyl (C=O) groups excluding carboxylic acids is 1. The first-order valence-corrected chi connectivity index (χ1v) is 6.86. The Morgan fingerprint density at radius 2 is 1.89 bits per heavy atom. The maximum atomic E-state index is 11.8. The standard InChI is InChI=1S/C16H25NO2/c1-13(15(18)19-16(2,3)4)12-17-11-10-14-8-6-5-7-9-14/h5-9,13,17H,10-12H2,1-4H3. The molecule has 0 amide bonds. The largest absolute Gasteiger partial charge is 0.460 e. The highest BCUT2D eigenvalue weighted by molar-refractivity contribution is 5.72. The summed E-state index contributed by atoms with van der Waals surface area (Å²) in [6.45, 7) is 9.09. The Balaban J connectivity index is 2.20. The van der Waals surface area contributed by atoms with Gasteiger partial charge < -0.3 is 10.1 Å². The molecule has 1 unspecified atom stereocenters. The average Bonchev–Trinajstić information content (AvgIpc) is 2.33. The van der Waals surface area contributed by atoms with E-state index in [2.05, 4.69) is 17.4 Å². The fraction of sp³-hybridized carbons (Fsp3) is 0.562. The molecule has 0 spiro atoms. The molecule has 1 atom stereocenters. The second-order valence-corrected chi connectivity index (χ2v) is 5.87. The van der Waals surface area contributed by atoms with Crippen LogP contribution in [0.15, 0.2) is 30.3 Å². The number of carbonyl (C=O) groups is 1. The predicted molar refractivity (Wildman–Crippen MR) is 78.0 cm³/mol. The third-order valence-corrected chi connectivity index (χ3v) is 2.69. The second kappa shape index (κ2) is 7.29. The number of ether oxygens (including phenoxy) is 1. The van der Waals surface area contributed by atoms with Crippen LogP contribution in [-0.4, -0.2) is 24.7 Å². The van der Waals surface area contributed by atoms with Gasteiger partial charge in [0.05, 0.1) is 5.92 Å². The highest BCUT2D eigenvalue weighted by atomic mass is 16.6. The average molecular weight is 263 g/mol. The van der Waals surface area contributed by atoms with Crippen molar-refractivity contribution in [2.75, 3.05) is 13.1 Å². The quantitative estimate of drug-likeness (QED) is 0.633. The Hall–Kier alpha value is -1.35. The molecular formula is C16H25NO2. The van der Waals surface area contributed by atoms with Crippen molar-refractivity contribution in [2.45, 2.75) is 39.7 Å². The lowest BCUT2D eigenvalue weighted by Gasteiger charge is -2.22. The lowest BCUT2D eigenvalue weighted by Crippen LogP contribution is -2.33. The van der Waals surface area contributed by atoms with Gasteiger partial charge in [-0.05, 0) is 39.3 Å². The number of rotatable bonds is 6. The number of hydrogen-bond donors (Lipinski definition) is 1. The second-order valence-electron chi connectivity index (χ2n) is 5.87. The molecule has 0 aromatic heterocycles. The zero-order valence-electron chi connectivity index (χ0n) is 12.4. The fourth-order valence-corrected chi connectivity index (χ4v) is 1.68. The van der Waals surface area contributed by atoms with Gasteiger partial charge in [0, 0.05) is 6.54 Å². The van der Waals surface area contributed by atoms with Crippen molar-refractivity contribution in [1.82, 2.24) is 5.32 Å². The summed E-state index contributed by atoms with van der Waals surface area (Å²) in [7, 11) is 0. The van der Waals surface area contributed by atoms with Gasteiger partial charge in [-0.25, -0.2) is 0 Å². The minimum atomic E-state index is -0.407. The fourth-order valence-electron chi connectivity index (χ4n) is 1.68. The third kappa shape index (κ3) is 6.97. The zero-order valence-corrected chi connectivity index (χ0v) is 12.4. The van der Waals surface area contributed by atoms with Gasteiger partial charge in [-0.1, -0.05) is 37.3 Å². The number of benzene rings is 1. The van der Waals surface area contributed by atoms with Gasteiger partial charge in [0.25, 0.3) is 0 Å². The zero-order chi connectivity index (χ0) is 14.3. The van der Waals surface area contributed by atoms with Gasteiger partial charge in [-0.3, -0.25) is 4.79 Å². The van der Waals surface area contributed by atoms with Crippen molar-refractivity contribution in [3.8, 4) is 0 Å². The molecule has 0 heterocycles. The molecular weight excluding hydrogens is 238 g/mol. The van der Waals surface area contributed by atoms with Crippen molar-refractivity contribution in [2.24, 2.45) is 5.92 Å². The molecule has 0 saturated carbocycles. The lowest BCUT2D eigenvalue weighted by atomic mass is 10.1. The van der Waals surface area contributed by atoms with Crippen molar-refractivity contribution in [1.29, 1.82) is 0 Å². The van der Waals surface area contributed by atoms with Crippen LogP contribution in [0.4, 0.5) is 0 Å². The summed E-state index contributed by atoms with van der Waals surface area (Å²) in [5.74, 6) is -0.255. The van der Waals surface area contributed by atoms with Crippen molar-refractivity contribution < 1.29 is 9.53 Å². The van der Waals surface area contributed by atoms with E-state index in [9.17, 15) is 4.79 Å². The molecule has 0 fully saturated rings. The molecule has 106 valence electrons. The molecule has 3 heteroatoms.